The molecule has 0 unspecified atom stereocenters. The summed E-state index contributed by atoms with van der Waals surface area (Å²) in [7, 11) is 3.40. The number of halogens is 1. The number of anilines is 2. The molecule has 2 aromatic carbocycles. The molecule has 1 aliphatic rings. The number of hydrogen-bond acceptors (Lipinski definition) is 5. The molecule has 6 heteroatoms. The van der Waals surface area contributed by atoms with Crippen molar-refractivity contribution < 1.29 is 13.9 Å². The number of nitrogens with two attached hydrogens (primary N) is 1. The van der Waals surface area contributed by atoms with E-state index < -0.39 is 11.8 Å². The Kier molecular flexibility index (Phi) is 4.90. The van der Waals surface area contributed by atoms with Gasteiger partial charge in [-0.05, 0) is 36.9 Å². The van der Waals surface area contributed by atoms with E-state index in [1.54, 1.807) is 30.3 Å². The molecule has 5 nitrogen and oxygen atoms in total. The second kappa shape index (κ2) is 7.11. The van der Waals surface area contributed by atoms with Crippen molar-refractivity contribution in [2.45, 2.75) is 0 Å². The minimum absolute atomic E-state index is 0.166. The number of methoxy groups -OCH3 is 1. The Hall–Kier alpha value is -2.60. The summed E-state index contributed by atoms with van der Waals surface area (Å²) in [4.78, 5) is 15.8. The van der Waals surface area contributed by atoms with Gasteiger partial charge in [-0.3, -0.25) is 0 Å². The summed E-state index contributed by atoms with van der Waals surface area (Å²) in [5.74, 6) is -0.848. The van der Waals surface area contributed by atoms with Gasteiger partial charge in [0.25, 0.3) is 0 Å². The van der Waals surface area contributed by atoms with Crippen LogP contribution in [-0.2, 0) is 4.74 Å². The smallest absolute Gasteiger partial charge is 0.337 e. The Morgan fingerprint density at radius 2 is 1.72 bits per heavy atom. The van der Waals surface area contributed by atoms with Gasteiger partial charge in [0.2, 0.25) is 0 Å². The lowest BCUT2D eigenvalue weighted by Gasteiger charge is -2.34. The molecule has 0 aliphatic carbocycles. The number of hydrogen-bond donors (Lipinski definition) is 1. The monoisotopic (exact) mass is 343 g/mol. The van der Waals surface area contributed by atoms with Crippen molar-refractivity contribution in [2.24, 2.45) is 0 Å². The topological polar surface area (TPSA) is 58.8 Å². The molecule has 3 rings (SSSR count). The van der Waals surface area contributed by atoms with Crippen LogP contribution in [0.25, 0.3) is 11.1 Å². The molecule has 0 saturated carbocycles. The summed E-state index contributed by atoms with van der Waals surface area (Å²) >= 11 is 0. The fourth-order valence-electron chi connectivity index (χ4n) is 3.03. The van der Waals surface area contributed by atoms with Gasteiger partial charge in [0, 0.05) is 31.7 Å². The molecular weight excluding hydrogens is 321 g/mol. The first kappa shape index (κ1) is 17.2. The lowest BCUT2D eigenvalue weighted by Crippen LogP contribution is -2.44. The third-order valence-corrected chi connectivity index (χ3v) is 4.62. The minimum atomic E-state index is -0.428. The zero-order valence-corrected chi connectivity index (χ0v) is 14.5. The average Bonchev–Trinajstić information content (AvgIpc) is 2.64. The first-order valence-corrected chi connectivity index (χ1v) is 8.21. The normalized spacial score (nSPS) is 15.2. The Morgan fingerprint density at radius 1 is 1.08 bits per heavy atom. The lowest BCUT2D eigenvalue weighted by molar-refractivity contribution is 0.0601. The quantitative estimate of drug-likeness (QED) is 0.686. The molecule has 2 aromatic rings. The maximum absolute atomic E-state index is 14.9. The van der Waals surface area contributed by atoms with Crippen LogP contribution in [0.15, 0.2) is 36.4 Å². The predicted molar refractivity (Wildman–Crippen MR) is 97.3 cm³/mol. The summed E-state index contributed by atoms with van der Waals surface area (Å²) in [5.41, 5.74) is 8.50. The first-order valence-electron chi connectivity index (χ1n) is 8.21. The van der Waals surface area contributed by atoms with E-state index >= 15 is 0 Å². The number of nitrogen functional groups attached to an aromatic ring is 1. The fraction of sp³-hybridized carbons (Fsp3) is 0.316. The van der Waals surface area contributed by atoms with Crippen molar-refractivity contribution in [1.29, 1.82) is 0 Å². The van der Waals surface area contributed by atoms with Crippen LogP contribution in [0.3, 0.4) is 0 Å². The van der Waals surface area contributed by atoms with Crippen LogP contribution < -0.4 is 10.6 Å². The van der Waals surface area contributed by atoms with E-state index in [0.717, 1.165) is 31.9 Å². The van der Waals surface area contributed by atoms with Crippen molar-refractivity contribution >= 4 is 17.3 Å². The first-order chi connectivity index (χ1) is 12.0. The van der Waals surface area contributed by atoms with E-state index in [9.17, 15) is 9.18 Å². The van der Waals surface area contributed by atoms with Crippen LogP contribution in [0.1, 0.15) is 10.4 Å². The number of nitrogens with zero attached hydrogens (tertiary/aromatic N) is 2. The Labute approximate surface area is 146 Å². The average molecular weight is 343 g/mol. The van der Waals surface area contributed by atoms with Gasteiger partial charge in [-0.25, -0.2) is 9.18 Å². The molecule has 0 spiro atoms. The third kappa shape index (κ3) is 3.44. The number of carbonyl (C=O) groups excluding carboxylic acids is 1. The predicted octanol–water partition coefficient (Wildman–Crippen LogP) is 2.61. The lowest BCUT2D eigenvalue weighted by atomic mass is 10.0. The number of esters is 1. The molecule has 0 atom stereocenters. The van der Waals surface area contributed by atoms with Gasteiger partial charge in [-0.1, -0.05) is 12.1 Å². The van der Waals surface area contributed by atoms with Crippen molar-refractivity contribution in [3.8, 4) is 11.1 Å². The summed E-state index contributed by atoms with van der Waals surface area (Å²) < 4.78 is 19.5. The van der Waals surface area contributed by atoms with Crippen LogP contribution in [0.4, 0.5) is 15.8 Å². The minimum Gasteiger partial charge on any atom is -0.465 e. The van der Waals surface area contributed by atoms with Crippen LogP contribution in [0.5, 0.6) is 0 Å². The van der Waals surface area contributed by atoms with E-state index in [0.29, 0.717) is 16.7 Å². The van der Waals surface area contributed by atoms with Crippen molar-refractivity contribution in [3.05, 3.63) is 47.8 Å². The Balaban J connectivity index is 1.88. The van der Waals surface area contributed by atoms with Crippen LogP contribution in [0.2, 0.25) is 0 Å². The summed E-state index contributed by atoms with van der Waals surface area (Å²) in [6.07, 6.45) is 0. The number of benzene rings is 2. The van der Waals surface area contributed by atoms with Gasteiger partial charge >= 0.3 is 5.97 Å². The fourth-order valence-corrected chi connectivity index (χ4v) is 3.03. The standard InChI is InChI=1S/C19H22FN3O2/c1-22-9-11-23(12-10-22)16-8-7-15(17(20)18(16)21)13-3-5-14(6-4-13)19(24)25-2/h3-8H,9-12,21H2,1-2H3. The highest BCUT2D eigenvalue weighted by Crippen LogP contribution is 2.34. The molecule has 0 radical (unpaired) electrons. The van der Waals surface area contributed by atoms with Gasteiger partial charge in [-0.2, -0.15) is 0 Å². The van der Waals surface area contributed by atoms with E-state index in [1.807, 2.05) is 6.07 Å². The molecule has 0 amide bonds. The number of piperazine rings is 1. The van der Waals surface area contributed by atoms with E-state index in [2.05, 4.69) is 21.6 Å². The molecule has 132 valence electrons. The molecule has 1 fully saturated rings. The molecule has 1 aliphatic heterocycles. The summed E-state index contributed by atoms with van der Waals surface area (Å²) in [6, 6.07) is 10.2. The molecular formula is C19H22FN3O2. The van der Waals surface area contributed by atoms with Gasteiger partial charge < -0.3 is 20.3 Å². The number of rotatable bonds is 3. The third-order valence-electron chi connectivity index (χ3n) is 4.62. The highest BCUT2D eigenvalue weighted by Gasteiger charge is 2.20. The van der Waals surface area contributed by atoms with Crippen molar-refractivity contribution in [3.63, 3.8) is 0 Å². The highest BCUT2D eigenvalue weighted by atomic mass is 19.1. The molecule has 1 heterocycles. The zero-order chi connectivity index (χ0) is 18.0. The molecule has 1 saturated heterocycles. The maximum atomic E-state index is 14.9. The molecule has 2 N–H and O–H groups in total. The van der Waals surface area contributed by atoms with Crippen LogP contribution in [0, 0.1) is 5.82 Å². The van der Waals surface area contributed by atoms with Gasteiger partial charge in [0.15, 0.2) is 5.82 Å². The SMILES string of the molecule is COC(=O)c1ccc(-c2ccc(N3CCN(C)CC3)c(N)c2F)cc1. The summed E-state index contributed by atoms with van der Waals surface area (Å²) in [6.45, 7) is 3.51. The van der Waals surface area contributed by atoms with E-state index in [1.165, 1.54) is 7.11 Å². The molecule has 0 bridgehead atoms. The molecule has 0 aromatic heterocycles. The van der Waals surface area contributed by atoms with Crippen LogP contribution in [-0.4, -0.2) is 51.2 Å². The van der Waals surface area contributed by atoms with Crippen molar-refractivity contribution in [1.82, 2.24) is 4.90 Å². The Morgan fingerprint density at radius 3 is 2.32 bits per heavy atom. The second-order valence-corrected chi connectivity index (χ2v) is 6.22. The zero-order valence-electron chi connectivity index (χ0n) is 14.5. The van der Waals surface area contributed by atoms with Gasteiger partial charge in [0.1, 0.15) is 0 Å². The largest absolute Gasteiger partial charge is 0.465 e. The van der Waals surface area contributed by atoms with Crippen molar-refractivity contribution in [2.75, 3.05) is 51.0 Å². The number of carbonyl (C=O) groups is 1. The number of ether oxygens (including phenoxy) is 1. The number of likely N-dealkylation sites (N-methyl/N-ethyl adjacent to an activating group) is 1. The van der Waals surface area contributed by atoms with Gasteiger partial charge in [-0.15, -0.1) is 0 Å². The van der Waals surface area contributed by atoms with Gasteiger partial charge in [0.05, 0.1) is 24.0 Å². The Bertz CT molecular complexity index is 769. The maximum Gasteiger partial charge on any atom is 0.337 e. The highest BCUT2D eigenvalue weighted by molar-refractivity contribution is 5.90. The van der Waals surface area contributed by atoms with E-state index in [4.69, 9.17) is 5.73 Å². The van der Waals surface area contributed by atoms with E-state index in [-0.39, 0.29) is 5.69 Å². The molecule has 25 heavy (non-hydrogen) atoms. The second-order valence-electron chi connectivity index (χ2n) is 6.22. The van der Waals surface area contributed by atoms with Crippen LogP contribution >= 0.6 is 0 Å². The summed E-state index contributed by atoms with van der Waals surface area (Å²) in [5, 5.41) is 0.